The van der Waals surface area contributed by atoms with Crippen molar-refractivity contribution in [3.8, 4) is 0 Å². The predicted molar refractivity (Wildman–Crippen MR) is 83.8 cm³/mol. The van der Waals surface area contributed by atoms with Crippen LogP contribution in [-0.4, -0.2) is 42.9 Å². The van der Waals surface area contributed by atoms with Crippen LogP contribution < -0.4 is 0 Å². The molecule has 6 heteroatoms. The molecule has 1 aliphatic carbocycles. The highest BCUT2D eigenvalue weighted by Gasteiger charge is 2.37. The van der Waals surface area contributed by atoms with Crippen LogP contribution >= 0.6 is 11.3 Å². The topological polar surface area (TPSA) is 50.3 Å². The van der Waals surface area contributed by atoms with Gasteiger partial charge in [0.15, 0.2) is 9.84 Å². The third-order valence-electron chi connectivity index (χ3n) is 4.01. The molecule has 0 radical (unpaired) electrons. The van der Waals surface area contributed by atoms with E-state index in [0.717, 1.165) is 44.3 Å². The van der Waals surface area contributed by atoms with Crippen molar-refractivity contribution in [3.05, 3.63) is 16.1 Å². The fourth-order valence-corrected chi connectivity index (χ4v) is 5.43. The molecule has 1 fully saturated rings. The average Bonchev–Trinajstić information content (AvgIpc) is 2.97. The van der Waals surface area contributed by atoms with Gasteiger partial charge in [0.2, 0.25) is 0 Å². The molecule has 1 aromatic heterocycles. The van der Waals surface area contributed by atoms with E-state index in [0.29, 0.717) is 0 Å². The first-order valence-electron chi connectivity index (χ1n) is 7.24. The van der Waals surface area contributed by atoms with Crippen molar-refractivity contribution in [2.75, 3.05) is 13.3 Å². The number of aryl methyl sites for hydroxylation is 1. The van der Waals surface area contributed by atoms with E-state index in [-0.39, 0.29) is 11.3 Å². The second-order valence-electron chi connectivity index (χ2n) is 5.76. The van der Waals surface area contributed by atoms with Gasteiger partial charge in [-0.05, 0) is 32.7 Å². The third kappa shape index (κ3) is 3.80. The second kappa shape index (κ2) is 6.54. The van der Waals surface area contributed by atoms with E-state index in [1.807, 2.05) is 7.05 Å². The minimum absolute atomic E-state index is 0.140. The van der Waals surface area contributed by atoms with Crippen LogP contribution in [-0.2, 0) is 22.8 Å². The highest BCUT2D eigenvalue weighted by atomic mass is 32.2. The Labute approximate surface area is 126 Å². The molecule has 2 atom stereocenters. The van der Waals surface area contributed by atoms with Crippen LogP contribution in [0.25, 0.3) is 0 Å². The molecule has 0 aliphatic heterocycles. The summed E-state index contributed by atoms with van der Waals surface area (Å²) in [5.74, 6) is 0. The Balaban J connectivity index is 2.01. The summed E-state index contributed by atoms with van der Waals surface area (Å²) in [6.07, 6.45) is 6.29. The Kier molecular flexibility index (Phi) is 5.20. The van der Waals surface area contributed by atoms with Gasteiger partial charge in [0, 0.05) is 24.2 Å². The Bertz CT molecular complexity index is 539. The standard InChI is InChI=1S/C14H24N2O2S2/c1-4-6-14-15-11(10-19-14)9-16(2)12-7-5-8-13(12)20(3,17)18/h10,12-13H,4-9H2,1-3H3. The summed E-state index contributed by atoms with van der Waals surface area (Å²) < 4.78 is 23.7. The molecule has 0 bridgehead atoms. The maximum Gasteiger partial charge on any atom is 0.151 e. The lowest BCUT2D eigenvalue weighted by Gasteiger charge is -2.28. The summed E-state index contributed by atoms with van der Waals surface area (Å²) in [5, 5.41) is 3.08. The number of aromatic nitrogens is 1. The quantitative estimate of drug-likeness (QED) is 0.809. The summed E-state index contributed by atoms with van der Waals surface area (Å²) >= 11 is 1.71. The molecule has 20 heavy (non-hydrogen) atoms. The van der Waals surface area contributed by atoms with Gasteiger partial charge >= 0.3 is 0 Å². The molecule has 114 valence electrons. The molecular formula is C14H24N2O2S2. The van der Waals surface area contributed by atoms with E-state index in [2.05, 4.69) is 22.2 Å². The average molecular weight is 316 g/mol. The summed E-state index contributed by atoms with van der Waals surface area (Å²) in [4.78, 5) is 6.80. The third-order valence-corrected chi connectivity index (χ3v) is 6.62. The SMILES string of the molecule is CCCc1nc(CN(C)C2CCCC2S(C)(=O)=O)cs1. The molecule has 2 unspecified atom stereocenters. The number of hydrogen-bond donors (Lipinski definition) is 0. The molecule has 2 rings (SSSR count). The van der Waals surface area contributed by atoms with E-state index < -0.39 is 9.84 Å². The van der Waals surface area contributed by atoms with Crippen molar-refractivity contribution in [2.45, 2.75) is 56.9 Å². The fourth-order valence-electron chi connectivity index (χ4n) is 3.03. The van der Waals surface area contributed by atoms with E-state index in [1.165, 1.54) is 11.3 Å². The monoisotopic (exact) mass is 316 g/mol. The summed E-state index contributed by atoms with van der Waals surface area (Å²) in [6.45, 7) is 2.90. The van der Waals surface area contributed by atoms with Gasteiger partial charge in [-0.1, -0.05) is 13.3 Å². The van der Waals surface area contributed by atoms with Crippen LogP contribution in [0.1, 0.15) is 43.3 Å². The smallest absolute Gasteiger partial charge is 0.151 e. The number of thiazole rings is 1. The molecule has 1 saturated carbocycles. The molecule has 1 heterocycles. The molecular weight excluding hydrogens is 292 g/mol. The largest absolute Gasteiger partial charge is 0.296 e. The number of rotatable bonds is 6. The van der Waals surface area contributed by atoms with Gasteiger partial charge in [0.05, 0.1) is 16.0 Å². The first-order valence-corrected chi connectivity index (χ1v) is 10.1. The van der Waals surface area contributed by atoms with Gasteiger partial charge in [0.25, 0.3) is 0 Å². The maximum atomic E-state index is 11.8. The van der Waals surface area contributed by atoms with Crippen LogP contribution in [0, 0.1) is 0 Å². The number of nitrogens with zero attached hydrogens (tertiary/aromatic N) is 2. The molecule has 4 nitrogen and oxygen atoms in total. The minimum Gasteiger partial charge on any atom is -0.296 e. The normalized spacial score (nSPS) is 23.6. The minimum atomic E-state index is -2.95. The lowest BCUT2D eigenvalue weighted by atomic mass is 10.2. The number of sulfone groups is 1. The first kappa shape index (κ1) is 15.9. The Hall–Kier alpha value is -0.460. The lowest BCUT2D eigenvalue weighted by Crippen LogP contribution is -2.40. The zero-order valence-corrected chi connectivity index (χ0v) is 14.1. The first-order chi connectivity index (χ1) is 9.41. The Morgan fingerprint density at radius 2 is 2.20 bits per heavy atom. The Morgan fingerprint density at radius 1 is 1.45 bits per heavy atom. The molecule has 0 aromatic carbocycles. The van der Waals surface area contributed by atoms with Crippen LogP contribution in [0.15, 0.2) is 5.38 Å². The van der Waals surface area contributed by atoms with Crippen LogP contribution in [0.4, 0.5) is 0 Å². The van der Waals surface area contributed by atoms with E-state index in [9.17, 15) is 8.42 Å². The van der Waals surface area contributed by atoms with E-state index >= 15 is 0 Å². The summed E-state index contributed by atoms with van der Waals surface area (Å²) in [6, 6.07) is 0.140. The number of hydrogen-bond acceptors (Lipinski definition) is 5. The van der Waals surface area contributed by atoms with Crippen molar-refractivity contribution < 1.29 is 8.42 Å². The van der Waals surface area contributed by atoms with Gasteiger partial charge in [-0.25, -0.2) is 13.4 Å². The zero-order valence-electron chi connectivity index (χ0n) is 12.5. The van der Waals surface area contributed by atoms with Crippen molar-refractivity contribution in [1.82, 2.24) is 9.88 Å². The van der Waals surface area contributed by atoms with Crippen molar-refractivity contribution >= 4 is 21.2 Å². The maximum absolute atomic E-state index is 11.8. The molecule has 0 spiro atoms. The predicted octanol–water partition coefficient (Wildman–Crippen LogP) is 2.49. The second-order valence-corrected chi connectivity index (χ2v) is 8.97. The fraction of sp³-hybridized carbons (Fsp3) is 0.786. The Morgan fingerprint density at radius 3 is 2.85 bits per heavy atom. The van der Waals surface area contributed by atoms with Crippen LogP contribution in [0.3, 0.4) is 0 Å². The molecule has 0 N–H and O–H groups in total. The molecule has 1 aromatic rings. The highest BCUT2D eigenvalue weighted by Crippen LogP contribution is 2.29. The van der Waals surface area contributed by atoms with Crippen molar-refractivity contribution in [3.63, 3.8) is 0 Å². The van der Waals surface area contributed by atoms with E-state index in [1.54, 1.807) is 11.3 Å². The van der Waals surface area contributed by atoms with Crippen molar-refractivity contribution in [1.29, 1.82) is 0 Å². The van der Waals surface area contributed by atoms with E-state index in [4.69, 9.17) is 0 Å². The molecule has 0 amide bonds. The zero-order chi connectivity index (χ0) is 14.8. The van der Waals surface area contributed by atoms with Crippen molar-refractivity contribution in [2.24, 2.45) is 0 Å². The van der Waals surface area contributed by atoms with Gasteiger partial charge in [-0.2, -0.15) is 0 Å². The summed E-state index contributed by atoms with van der Waals surface area (Å²) in [7, 11) is -0.931. The summed E-state index contributed by atoms with van der Waals surface area (Å²) in [5.41, 5.74) is 1.07. The van der Waals surface area contributed by atoms with Gasteiger partial charge in [0.1, 0.15) is 0 Å². The molecule has 0 saturated heterocycles. The highest BCUT2D eigenvalue weighted by molar-refractivity contribution is 7.91. The van der Waals surface area contributed by atoms with Gasteiger partial charge < -0.3 is 0 Å². The lowest BCUT2D eigenvalue weighted by molar-refractivity contribution is 0.236. The molecule has 1 aliphatic rings. The van der Waals surface area contributed by atoms with Crippen LogP contribution in [0.5, 0.6) is 0 Å². The van der Waals surface area contributed by atoms with Crippen LogP contribution in [0.2, 0.25) is 0 Å². The van der Waals surface area contributed by atoms with Gasteiger partial charge in [-0.3, -0.25) is 4.90 Å². The van der Waals surface area contributed by atoms with Gasteiger partial charge in [-0.15, -0.1) is 11.3 Å².